The first-order chi connectivity index (χ1) is 12.6. The largest absolute Gasteiger partial charge is 0.462 e. The van der Waals surface area contributed by atoms with E-state index in [-0.39, 0.29) is 5.97 Å². The molecule has 0 radical (unpaired) electrons. The van der Waals surface area contributed by atoms with E-state index in [2.05, 4.69) is 26.6 Å². The van der Waals surface area contributed by atoms with Crippen molar-refractivity contribution in [1.29, 1.82) is 0 Å². The van der Waals surface area contributed by atoms with E-state index < -0.39 is 0 Å². The fourth-order valence-electron chi connectivity index (χ4n) is 3.05. The van der Waals surface area contributed by atoms with Crippen molar-refractivity contribution in [1.82, 2.24) is 0 Å². The molecule has 138 valence electrons. The Kier molecular flexibility index (Phi) is 6.67. The van der Waals surface area contributed by atoms with Crippen LogP contribution in [0.25, 0.3) is 0 Å². The number of anilines is 2. The average molecular weight is 453 g/mol. The number of hydrogen-bond acceptors (Lipinski definition) is 4. The van der Waals surface area contributed by atoms with E-state index in [1.165, 1.54) is 11.3 Å². The van der Waals surface area contributed by atoms with Crippen LogP contribution in [0, 0.1) is 0 Å². The number of hydrogen-bond donors (Lipinski definition) is 2. The molecule has 7 heteroatoms. The molecule has 1 heterocycles. The number of fused-ring (bicyclic) bond motifs is 1. The third-order valence-electron chi connectivity index (χ3n) is 4.23. The molecule has 0 atom stereocenters. The van der Waals surface area contributed by atoms with E-state index in [9.17, 15) is 4.79 Å². The molecule has 0 amide bonds. The second-order valence-electron chi connectivity index (χ2n) is 6.08. The summed E-state index contributed by atoms with van der Waals surface area (Å²) in [5.74, 6) is -0.263. The lowest BCUT2D eigenvalue weighted by atomic mass is 10.1. The Morgan fingerprint density at radius 2 is 1.92 bits per heavy atom. The summed E-state index contributed by atoms with van der Waals surface area (Å²) in [6.07, 6.45) is 5.42. The summed E-state index contributed by atoms with van der Waals surface area (Å²) in [5.41, 5.74) is 2.69. The normalized spacial score (nSPS) is 13.5. The predicted molar refractivity (Wildman–Crippen MR) is 116 cm³/mol. The van der Waals surface area contributed by atoms with Crippen LogP contribution in [0.15, 0.2) is 28.7 Å². The van der Waals surface area contributed by atoms with Crippen molar-refractivity contribution in [3.63, 3.8) is 0 Å². The summed E-state index contributed by atoms with van der Waals surface area (Å²) in [4.78, 5) is 13.8. The molecule has 2 aromatic rings. The molecule has 26 heavy (non-hydrogen) atoms. The van der Waals surface area contributed by atoms with Crippen molar-refractivity contribution in [3.8, 4) is 0 Å². The van der Waals surface area contributed by atoms with Gasteiger partial charge in [0.1, 0.15) is 5.00 Å². The Hall–Kier alpha value is -1.44. The lowest BCUT2D eigenvalue weighted by molar-refractivity contribution is 0.0527. The maximum atomic E-state index is 12.6. The molecule has 0 unspecified atom stereocenters. The van der Waals surface area contributed by atoms with Gasteiger partial charge in [-0.25, -0.2) is 4.79 Å². The number of thiocarbonyl (C=S) groups is 1. The molecule has 1 aromatic carbocycles. The minimum absolute atomic E-state index is 0.263. The van der Waals surface area contributed by atoms with Crippen LogP contribution in [0.4, 0.5) is 10.7 Å². The van der Waals surface area contributed by atoms with Gasteiger partial charge >= 0.3 is 5.97 Å². The smallest absolute Gasteiger partial charge is 0.341 e. The minimum Gasteiger partial charge on any atom is -0.462 e. The molecule has 0 spiro atoms. The molecule has 2 N–H and O–H groups in total. The van der Waals surface area contributed by atoms with Crippen LogP contribution in [0.5, 0.6) is 0 Å². The summed E-state index contributed by atoms with van der Waals surface area (Å²) < 4.78 is 6.31. The van der Waals surface area contributed by atoms with Gasteiger partial charge in [-0.3, -0.25) is 0 Å². The Morgan fingerprint density at radius 3 is 2.65 bits per heavy atom. The van der Waals surface area contributed by atoms with Gasteiger partial charge in [0.2, 0.25) is 0 Å². The monoisotopic (exact) mass is 452 g/mol. The van der Waals surface area contributed by atoms with Crippen LogP contribution in [-0.4, -0.2) is 17.7 Å². The van der Waals surface area contributed by atoms with Gasteiger partial charge < -0.3 is 15.4 Å². The van der Waals surface area contributed by atoms with Crippen molar-refractivity contribution < 1.29 is 9.53 Å². The molecule has 1 aliphatic rings. The zero-order valence-corrected chi connectivity index (χ0v) is 17.8. The SMILES string of the molecule is CCOC(=O)c1c(NC(=S)Nc2ccc(Br)cc2)sc2c1CCCCC2. The molecular weight excluding hydrogens is 432 g/mol. The topological polar surface area (TPSA) is 50.4 Å². The predicted octanol–water partition coefficient (Wildman–Crippen LogP) is 5.77. The van der Waals surface area contributed by atoms with E-state index in [0.717, 1.165) is 46.4 Å². The van der Waals surface area contributed by atoms with Crippen LogP contribution in [0.2, 0.25) is 0 Å². The summed E-state index contributed by atoms with van der Waals surface area (Å²) in [5, 5.41) is 7.63. The van der Waals surface area contributed by atoms with E-state index in [1.54, 1.807) is 11.3 Å². The molecule has 0 saturated heterocycles. The number of halogens is 1. The third kappa shape index (κ3) is 4.64. The maximum Gasteiger partial charge on any atom is 0.341 e. The highest BCUT2D eigenvalue weighted by Gasteiger charge is 2.26. The standard InChI is InChI=1S/C19H21BrN2O2S2/c1-2-24-18(23)16-14-6-4-3-5-7-15(14)26-17(16)22-19(25)21-13-10-8-12(20)9-11-13/h8-11H,2-7H2,1H3,(H2,21,22,25). The number of esters is 1. The van der Waals surface area contributed by atoms with E-state index in [1.807, 2.05) is 31.2 Å². The summed E-state index contributed by atoms with van der Waals surface area (Å²) in [6.45, 7) is 2.19. The number of carbonyl (C=O) groups is 1. The first-order valence-electron chi connectivity index (χ1n) is 8.73. The third-order valence-corrected chi connectivity index (χ3v) is 6.17. The van der Waals surface area contributed by atoms with Crippen molar-refractivity contribution in [2.45, 2.75) is 39.0 Å². The molecule has 3 rings (SSSR count). The van der Waals surface area contributed by atoms with Gasteiger partial charge in [-0.05, 0) is 74.7 Å². The van der Waals surface area contributed by atoms with Gasteiger partial charge in [0.15, 0.2) is 5.11 Å². The summed E-state index contributed by atoms with van der Waals surface area (Å²) in [7, 11) is 0. The lowest BCUT2D eigenvalue weighted by Gasteiger charge is -2.11. The molecule has 1 aliphatic carbocycles. The van der Waals surface area contributed by atoms with Crippen molar-refractivity contribution in [2.75, 3.05) is 17.2 Å². The van der Waals surface area contributed by atoms with Crippen LogP contribution in [-0.2, 0) is 17.6 Å². The summed E-state index contributed by atoms with van der Waals surface area (Å²) in [6, 6.07) is 7.77. The van der Waals surface area contributed by atoms with Crippen molar-refractivity contribution in [2.24, 2.45) is 0 Å². The van der Waals surface area contributed by atoms with Gasteiger partial charge in [0.05, 0.1) is 12.2 Å². The van der Waals surface area contributed by atoms with E-state index >= 15 is 0 Å². The van der Waals surface area contributed by atoms with Gasteiger partial charge in [-0.15, -0.1) is 11.3 Å². The fourth-order valence-corrected chi connectivity index (χ4v) is 4.88. The van der Waals surface area contributed by atoms with E-state index in [4.69, 9.17) is 17.0 Å². The number of thiophene rings is 1. The highest BCUT2D eigenvalue weighted by Crippen LogP contribution is 2.38. The van der Waals surface area contributed by atoms with Gasteiger partial charge in [0, 0.05) is 15.0 Å². The van der Waals surface area contributed by atoms with Crippen LogP contribution >= 0.6 is 39.5 Å². The average Bonchev–Trinajstić information content (AvgIpc) is 2.78. The maximum absolute atomic E-state index is 12.6. The number of benzene rings is 1. The Bertz CT molecular complexity index is 803. The highest BCUT2D eigenvalue weighted by molar-refractivity contribution is 9.10. The number of carbonyl (C=O) groups excluding carboxylic acids is 1. The van der Waals surface area contributed by atoms with Crippen molar-refractivity contribution >= 4 is 61.3 Å². The molecule has 0 aliphatic heterocycles. The zero-order valence-electron chi connectivity index (χ0n) is 14.6. The van der Waals surface area contributed by atoms with Crippen LogP contribution < -0.4 is 10.6 Å². The number of ether oxygens (including phenoxy) is 1. The number of rotatable bonds is 4. The Labute approximate surface area is 171 Å². The molecule has 1 aromatic heterocycles. The fraction of sp³-hybridized carbons (Fsp3) is 0.368. The van der Waals surface area contributed by atoms with Gasteiger partial charge in [0.25, 0.3) is 0 Å². The highest BCUT2D eigenvalue weighted by atomic mass is 79.9. The Balaban J connectivity index is 1.82. The van der Waals surface area contributed by atoms with Gasteiger partial charge in [-0.2, -0.15) is 0 Å². The van der Waals surface area contributed by atoms with Crippen molar-refractivity contribution in [3.05, 3.63) is 44.7 Å². The molecule has 4 nitrogen and oxygen atoms in total. The molecule has 0 fully saturated rings. The quantitative estimate of drug-likeness (QED) is 0.350. The first kappa shape index (κ1) is 19.3. The zero-order chi connectivity index (χ0) is 18.5. The lowest BCUT2D eigenvalue weighted by Crippen LogP contribution is -2.20. The molecule has 0 bridgehead atoms. The second kappa shape index (κ2) is 8.97. The molecular formula is C19H21BrN2O2S2. The van der Waals surface area contributed by atoms with Crippen LogP contribution in [0.1, 0.15) is 47.0 Å². The van der Waals surface area contributed by atoms with Crippen LogP contribution in [0.3, 0.4) is 0 Å². The first-order valence-corrected chi connectivity index (χ1v) is 10.8. The second-order valence-corrected chi connectivity index (χ2v) is 8.50. The number of aryl methyl sites for hydroxylation is 1. The summed E-state index contributed by atoms with van der Waals surface area (Å²) >= 11 is 10.5. The van der Waals surface area contributed by atoms with Gasteiger partial charge in [-0.1, -0.05) is 22.4 Å². The minimum atomic E-state index is -0.263. The number of nitrogens with one attached hydrogen (secondary N) is 2. The molecule has 0 saturated carbocycles. The Morgan fingerprint density at radius 1 is 1.19 bits per heavy atom. The van der Waals surface area contributed by atoms with E-state index in [0.29, 0.717) is 17.3 Å².